The van der Waals surface area contributed by atoms with Gasteiger partial charge in [0, 0.05) is 6.04 Å². The number of hydrogen-bond acceptors (Lipinski definition) is 3. The summed E-state index contributed by atoms with van der Waals surface area (Å²) in [7, 11) is 0. The Balaban J connectivity index is 1.42. The zero-order chi connectivity index (χ0) is 13.7. The van der Waals surface area contributed by atoms with Crippen LogP contribution in [0.3, 0.4) is 0 Å². The summed E-state index contributed by atoms with van der Waals surface area (Å²) in [6.45, 7) is 0. The molecule has 1 amide bonds. The van der Waals surface area contributed by atoms with Crippen molar-refractivity contribution < 1.29 is 14.6 Å². The van der Waals surface area contributed by atoms with Gasteiger partial charge in [0.15, 0.2) is 0 Å². The van der Waals surface area contributed by atoms with Crippen LogP contribution in [0.1, 0.15) is 30.4 Å². The number of hydrogen-bond donors (Lipinski definition) is 2. The summed E-state index contributed by atoms with van der Waals surface area (Å²) in [6, 6.07) is 5.72. The molecule has 4 heteroatoms. The molecule has 0 radical (unpaired) electrons. The summed E-state index contributed by atoms with van der Waals surface area (Å²) in [5.41, 5.74) is 2.14. The smallest absolute Gasteiger partial charge is 0.226 e. The molecule has 4 rings (SSSR count). The monoisotopic (exact) mass is 273 g/mol. The molecule has 2 N–H and O–H groups in total. The first-order chi connectivity index (χ1) is 9.70. The number of carbonyl (C=O) groups excluding carboxylic acids is 1. The zero-order valence-electron chi connectivity index (χ0n) is 11.3. The van der Waals surface area contributed by atoms with Crippen molar-refractivity contribution in [2.24, 2.45) is 5.92 Å². The van der Waals surface area contributed by atoms with E-state index in [4.69, 9.17) is 4.74 Å². The molecule has 2 heterocycles. The number of aromatic hydroxyl groups is 1. The van der Waals surface area contributed by atoms with Crippen LogP contribution < -0.4 is 5.32 Å². The molecule has 2 aliphatic heterocycles. The van der Waals surface area contributed by atoms with Crippen molar-refractivity contribution in [2.75, 3.05) is 0 Å². The minimum atomic E-state index is 0.0334. The molecule has 1 aromatic rings. The van der Waals surface area contributed by atoms with Gasteiger partial charge in [0.2, 0.25) is 5.91 Å². The number of ether oxygens (including phenoxy) is 1. The van der Waals surface area contributed by atoms with E-state index in [1.54, 1.807) is 6.07 Å². The normalized spacial score (nSPS) is 34.2. The Hall–Kier alpha value is -1.55. The molecule has 0 saturated carbocycles. The van der Waals surface area contributed by atoms with E-state index in [1.807, 2.05) is 12.1 Å². The first-order valence-corrected chi connectivity index (χ1v) is 7.46. The minimum Gasteiger partial charge on any atom is -0.508 e. The van der Waals surface area contributed by atoms with E-state index >= 15 is 0 Å². The van der Waals surface area contributed by atoms with Crippen molar-refractivity contribution in [1.82, 2.24) is 5.32 Å². The van der Waals surface area contributed by atoms with E-state index in [1.165, 1.54) is 0 Å². The van der Waals surface area contributed by atoms with Crippen LogP contribution in [0.15, 0.2) is 18.2 Å². The fourth-order valence-corrected chi connectivity index (χ4v) is 3.96. The molecule has 2 saturated heterocycles. The Bertz CT molecular complexity index is 557. The largest absolute Gasteiger partial charge is 0.508 e. The molecule has 2 fully saturated rings. The first-order valence-electron chi connectivity index (χ1n) is 7.46. The second-order valence-electron chi connectivity index (χ2n) is 6.24. The molecule has 0 aromatic heterocycles. The van der Waals surface area contributed by atoms with Crippen molar-refractivity contribution in [2.45, 2.75) is 50.4 Å². The zero-order valence-corrected chi connectivity index (χ0v) is 11.3. The van der Waals surface area contributed by atoms with Gasteiger partial charge in [-0.25, -0.2) is 0 Å². The van der Waals surface area contributed by atoms with Crippen molar-refractivity contribution >= 4 is 5.91 Å². The third kappa shape index (κ3) is 1.90. The van der Waals surface area contributed by atoms with E-state index in [9.17, 15) is 9.90 Å². The van der Waals surface area contributed by atoms with Gasteiger partial charge >= 0.3 is 0 Å². The maximum absolute atomic E-state index is 12.4. The van der Waals surface area contributed by atoms with Gasteiger partial charge in [-0.05, 0) is 49.3 Å². The average molecular weight is 273 g/mol. The number of phenolic OH excluding ortho intramolecular Hbond substituents is 1. The van der Waals surface area contributed by atoms with Crippen LogP contribution in [0.5, 0.6) is 5.75 Å². The van der Waals surface area contributed by atoms with E-state index in [0.717, 1.165) is 43.2 Å². The number of benzene rings is 1. The van der Waals surface area contributed by atoms with Gasteiger partial charge in [0.25, 0.3) is 0 Å². The van der Waals surface area contributed by atoms with Gasteiger partial charge in [0.05, 0.1) is 18.1 Å². The second-order valence-corrected chi connectivity index (χ2v) is 6.24. The van der Waals surface area contributed by atoms with E-state index in [2.05, 4.69) is 5.32 Å². The van der Waals surface area contributed by atoms with Crippen LogP contribution in [0.4, 0.5) is 0 Å². The molecule has 0 spiro atoms. The predicted molar refractivity (Wildman–Crippen MR) is 73.4 cm³/mol. The molecule has 3 aliphatic rings. The lowest BCUT2D eigenvalue weighted by molar-refractivity contribution is -0.127. The van der Waals surface area contributed by atoms with Crippen LogP contribution in [0.2, 0.25) is 0 Å². The fraction of sp³-hybridized carbons (Fsp3) is 0.562. The Morgan fingerprint density at radius 2 is 2.20 bits per heavy atom. The quantitative estimate of drug-likeness (QED) is 0.859. The lowest BCUT2D eigenvalue weighted by atomic mass is 9.88. The molecule has 2 bridgehead atoms. The highest BCUT2D eigenvalue weighted by Crippen LogP contribution is 2.39. The maximum atomic E-state index is 12.4. The maximum Gasteiger partial charge on any atom is 0.226 e. The topological polar surface area (TPSA) is 58.6 Å². The minimum absolute atomic E-state index is 0.0334. The number of amides is 1. The Kier molecular flexibility index (Phi) is 2.74. The van der Waals surface area contributed by atoms with Crippen LogP contribution in [0, 0.1) is 5.92 Å². The summed E-state index contributed by atoms with van der Waals surface area (Å²) in [5, 5.41) is 13.0. The van der Waals surface area contributed by atoms with Crippen molar-refractivity contribution in [1.29, 1.82) is 0 Å². The predicted octanol–water partition coefficient (Wildman–Crippen LogP) is 1.54. The molecule has 4 unspecified atom stereocenters. The highest BCUT2D eigenvalue weighted by molar-refractivity contribution is 5.80. The number of rotatable bonds is 2. The summed E-state index contributed by atoms with van der Waals surface area (Å²) in [4.78, 5) is 12.4. The third-order valence-electron chi connectivity index (χ3n) is 4.95. The summed E-state index contributed by atoms with van der Waals surface area (Å²) in [6.07, 6.45) is 5.00. The van der Waals surface area contributed by atoms with Gasteiger partial charge in [-0.1, -0.05) is 12.1 Å². The number of nitrogens with one attached hydrogen (secondary N) is 1. The highest BCUT2D eigenvalue weighted by Gasteiger charge is 2.44. The fourth-order valence-electron chi connectivity index (χ4n) is 3.96. The SMILES string of the molecule is O=C(NC1Cc2cccc(O)c2C1)C1CC2CCC1O2. The van der Waals surface area contributed by atoms with Gasteiger partial charge < -0.3 is 15.2 Å². The molecule has 20 heavy (non-hydrogen) atoms. The van der Waals surface area contributed by atoms with E-state index in [-0.39, 0.29) is 24.0 Å². The van der Waals surface area contributed by atoms with Crippen molar-refractivity contribution in [3.63, 3.8) is 0 Å². The molecular weight excluding hydrogens is 254 g/mol. The van der Waals surface area contributed by atoms with Gasteiger partial charge in [0.1, 0.15) is 5.75 Å². The Labute approximate surface area is 118 Å². The summed E-state index contributed by atoms with van der Waals surface area (Å²) >= 11 is 0. The van der Waals surface area contributed by atoms with E-state index < -0.39 is 0 Å². The van der Waals surface area contributed by atoms with Crippen molar-refractivity contribution in [3.8, 4) is 5.75 Å². The molecule has 1 aromatic carbocycles. The Morgan fingerprint density at radius 3 is 2.90 bits per heavy atom. The third-order valence-corrected chi connectivity index (χ3v) is 4.95. The van der Waals surface area contributed by atoms with Gasteiger partial charge in [-0.3, -0.25) is 4.79 Å². The number of fused-ring (bicyclic) bond motifs is 3. The Morgan fingerprint density at radius 1 is 1.30 bits per heavy atom. The first kappa shape index (κ1) is 12.2. The molecule has 4 atom stereocenters. The second kappa shape index (κ2) is 4.48. The average Bonchev–Trinajstić information content (AvgIpc) is 3.12. The molecular formula is C16H19NO3. The van der Waals surface area contributed by atoms with Gasteiger partial charge in [-0.2, -0.15) is 0 Å². The summed E-state index contributed by atoms with van der Waals surface area (Å²) in [5.74, 6) is 0.517. The van der Waals surface area contributed by atoms with Crippen LogP contribution in [0.25, 0.3) is 0 Å². The number of carbonyl (C=O) groups is 1. The molecule has 106 valence electrons. The van der Waals surface area contributed by atoms with E-state index in [0.29, 0.717) is 11.9 Å². The van der Waals surface area contributed by atoms with Crippen LogP contribution in [-0.4, -0.2) is 29.3 Å². The van der Waals surface area contributed by atoms with Crippen molar-refractivity contribution in [3.05, 3.63) is 29.3 Å². The number of phenols is 1. The highest BCUT2D eigenvalue weighted by atomic mass is 16.5. The van der Waals surface area contributed by atoms with Crippen LogP contribution in [-0.2, 0) is 22.4 Å². The molecule has 4 nitrogen and oxygen atoms in total. The summed E-state index contributed by atoms with van der Waals surface area (Å²) < 4.78 is 5.75. The lowest BCUT2D eigenvalue weighted by Crippen LogP contribution is -2.42. The lowest BCUT2D eigenvalue weighted by Gasteiger charge is -2.20. The standard InChI is InChI=1S/C16H19NO3/c18-14-3-1-2-9-6-10(7-12(9)14)17-16(19)13-8-11-4-5-15(13)20-11/h1-3,10-11,13,15,18H,4-8H2,(H,17,19). The molecule has 1 aliphatic carbocycles. The van der Waals surface area contributed by atoms with Crippen LogP contribution >= 0.6 is 0 Å². The van der Waals surface area contributed by atoms with Gasteiger partial charge in [-0.15, -0.1) is 0 Å².